The Labute approximate surface area is 114 Å². The Morgan fingerprint density at radius 3 is 2.95 bits per heavy atom. The first kappa shape index (κ1) is 12.7. The summed E-state index contributed by atoms with van der Waals surface area (Å²) in [6.45, 7) is 6.54. The van der Waals surface area contributed by atoms with Gasteiger partial charge in [0.05, 0.1) is 6.61 Å². The Bertz CT molecular complexity index is 575. The molecule has 3 nitrogen and oxygen atoms in total. The molecule has 1 aliphatic rings. The summed E-state index contributed by atoms with van der Waals surface area (Å²) in [6, 6.07) is 9.12. The van der Waals surface area contributed by atoms with Crippen molar-refractivity contribution in [2.24, 2.45) is 0 Å². The van der Waals surface area contributed by atoms with Crippen LogP contribution in [0.5, 0.6) is 0 Å². The lowest BCUT2D eigenvalue weighted by atomic mass is 9.94. The molecule has 2 unspecified atom stereocenters. The highest BCUT2D eigenvalue weighted by Crippen LogP contribution is 2.37. The van der Waals surface area contributed by atoms with Crippen molar-refractivity contribution in [1.82, 2.24) is 9.88 Å². The summed E-state index contributed by atoms with van der Waals surface area (Å²) in [5, 5.41) is 10.5. The number of hydrogen-bond acceptors (Lipinski definition) is 2. The molecule has 1 aromatic heterocycles. The Hall–Kier alpha value is -1.32. The number of nitrogens with one attached hydrogen (secondary N) is 1. The molecule has 2 atom stereocenters. The Balaban J connectivity index is 1.95. The van der Waals surface area contributed by atoms with Crippen LogP contribution in [-0.2, 0) is 0 Å². The molecule has 3 rings (SSSR count). The Morgan fingerprint density at radius 1 is 1.37 bits per heavy atom. The number of fused-ring (bicyclic) bond motifs is 1. The first-order valence-electron chi connectivity index (χ1n) is 7.13. The van der Waals surface area contributed by atoms with Gasteiger partial charge in [-0.05, 0) is 31.9 Å². The molecule has 0 saturated carbocycles. The molecule has 0 aliphatic carbocycles. The van der Waals surface area contributed by atoms with E-state index in [1.165, 1.54) is 28.6 Å². The van der Waals surface area contributed by atoms with E-state index in [0.29, 0.717) is 12.0 Å². The van der Waals surface area contributed by atoms with Crippen LogP contribution < -0.4 is 0 Å². The molecule has 102 valence electrons. The number of benzene rings is 1. The van der Waals surface area contributed by atoms with Crippen LogP contribution in [0.15, 0.2) is 24.3 Å². The van der Waals surface area contributed by atoms with Crippen molar-refractivity contribution in [1.29, 1.82) is 0 Å². The van der Waals surface area contributed by atoms with E-state index in [1.807, 2.05) is 0 Å². The van der Waals surface area contributed by atoms with Crippen LogP contribution in [0.2, 0.25) is 0 Å². The predicted octanol–water partition coefficient (Wildman–Crippen LogP) is 2.65. The smallest absolute Gasteiger partial charge is 0.0558 e. The summed E-state index contributed by atoms with van der Waals surface area (Å²) in [7, 11) is 0. The zero-order chi connectivity index (χ0) is 13.4. The maximum absolute atomic E-state index is 9.14. The number of aryl methyl sites for hydroxylation is 1. The first-order valence-corrected chi connectivity index (χ1v) is 7.13. The van der Waals surface area contributed by atoms with E-state index < -0.39 is 0 Å². The summed E-state index contributed by atoms with van der Waals surface area (Å²) in [6.07, 6.45) is 1.18. The largest absolute Gasteiger partial charge is 0.395 e. The third-order valence-electron chi connectivity index (χ3n) is 4.44. The van der Waals surface area contributed by atoms with Crippen LogP contribution >= 0.6 is 0 Å². The fourth-order valence-corrected chi connectivity index (χ4v) is 3.57. The normalized spacial score (nSPS) is 24.4. The minimum atomic E-state index is 0.254. The third kappa shape index (κ3) is 2.17. The molecule has 2 N–H and O–H groups in total. The molecular weight excluding hydrogens is 236 g/mol. The van der Waals surface area contributed by atoms with E-state index in [4.69, 9.17) is 5.11 Å². The van der Waals surface area contributed by atoms with Gasteiger partial charge in [-0.25, -0.2) is 0 Å². The number of hydrogen-bond donors (Lipinski definition) is 2. The van der Waals surface area contributed by atoms with Crippen LogP contribution in [0.3, 0.4) is 0 Å². The van der Waals surface area contributed by atoms with Crippen molar-refractivity contribution in [2.45, 2.75) is 32.2 Å². The summed E-state index contributed by atoms with van der Waals surface area (Å²) in [4.78, 5) is 5.89. The van der Waals surface area contributed by atoms with Gasteiger partial charge in [-0.15, -0.1) is 0 Å². The minimum absolute atomic E-state index is 0.254. The molecule has 0 radical (unpaired) electrons. The Kier molecular flexibility index (Phi) is 3.33. The van der Waals surface area contributed by atoms with Crippen molar-refractivity contribution in [3.8, 4) is 0 Å². The fraction of sp³-hybridized carbons (Fsp3) is 0.500. The van der Waals surface area contributed by atoms with Crippen molar-refractivity contribution in [2.75, 3.05) is 19.7 Å². The number of para-hydroxylation sites is 1. The second kappa shape index (κ2) is 4.99. The molecular formula is C16H22N2O. The zero-order valence-corrected chi connectivity index (χ0v) is 11.7. The van der Waals surface area contributed by atoms with Gasteiger partial charge in [0.2, 0.25) is 0 Å². The molecule has 1 aromatic carbocycles. The molecule has 1 fully saturated rings. The number of aliphatic hydroxyl groups is 1. The monoisotopic (exact) mass is 258 g/mol. The molecule has 2 aromatic rings. The number of aromatic nitrogens is 1. The van der Waals surface area contributed by atoms with Gasteiger partial charge in [-0.1, -0.05) is 18.2 Å². The van der Waals surface area contributed by atoms with Gasteiger partial charge in [0, 0.05) is 41.6 Å². The topological polar surface area (TPSA) is 39.3 Å². The highest BCUT2D eigenvalue weighted by atomic mass is 16.3. The third-order valence-corrected chi connectivity index (χ3v) is 4.44. The molecule has 0 spiro atoms. The standard InChI is InChI=1S/C16H22N2O/c1-11-9-13(10-18(11)7-8-19)16-12(2)17-15-6-4-3-5-14(15)16/h3-6,11,13,17,19H,7-10H2,1-2H3. The van der Waals surface area contributed by atoms with Gasteiger partial charge in [0.15, 0.2) is 0 Å². The van der Waals surface area contributed by atoms with Crippen molar-refractivity contribution in [3.63, 3.8) is 0 Å². The molecule has 1 saturated heterocycles. The fourth-order valence-electron chi connectivity index (χ4n) is 3.57. The van der Waals surface area contributed by atoms with Crippen molar-refractivity contribution >= 4 is 10.9 Å². The SMILES string of the molecule is Cc1[nH]c2ccccc2c1C1CC(C)N(CCO)C1. The number of nitrogens with zero attached hydrogens (tertiary/aromatic N) is 1. The maximum atomic E-state index is 9.14. The lowest BCUT2D eigenvalue weighted by Crippen LogP contribution is -2.29. The molecule has 2 heterocycles. The number of likely N-dealkylation sites (tertiary alicyclic amines) is 1. The number of rotatable bonds is 3. The second-order valence-electron chi connectivity index (χ2n) is 5.71. The number of aromatic amines is 1. The quantitative estimate of drug-likeness (QED) is 0.888. The van der Waals surface area contributed by atoms with Crippen LogP contribution in [0.1, 0.15) is 30.5 Å². The van der Waals surface area contributed by atoms with Gasteiger partial charge in [-0.3, -0.25) is 4.90 Å². The second-order valence-corrected chi connectivity index (χ2v) is 5.71. The van der Waals surface area contributed by atoms with E-state index in [0.717, 1.165) is 13.1 Å². The summed E-state index contributed by atoms with van der Waals surface area (Å²) < 4.78 is 0. The average molecular weight is 258 g/mol. The summed E-state index contributed by atoms with van der Waals surface area (Å²) in [5.41, 5.74) is 4.01. The lowest BCUT2D eigenvalue weighted by molar-refractivity contribution is 0.191. The molecule has 3 heteroatoms. The van der Waals surface area contributed by atoms with E-state index in [2.05, 4.69) is 48.0 Å². The van der Waals surface area contributed by atoms with Gasteiger partial charge in [0.1, 0.15) is 0 Å². The van der Waals surface area contributed by atoms with E-state index in [1.54, 1.807) is 0 Å². The van der Waals surface area contributed by atoms with Gasteiger partial charge >= 0.3 is 0 Å². The predicted molar refractivity (Wildman–Crippen MR) is 78.5 cm³/mol. The molecule has 0 bridgehead atoms. The zero-order valence-electron chi connectivity index (χ0n) is 11.7. The van der Waals surface area contributed by atoms with Gasteiger partial charge in [-0.2, -0.15) is 0 Å². The molecule has 19 heavy (non-hydrogen) atoms. The highest BCUT2D eigenvalue weighted by Gasteiger charge is 2.31. The van der Waals surface area contributed by atoms with Crippen LogP contribution in [-0.4, -0.2) is 40.7 Å². The minimum Gasteiger partial charge on any atom is -0.395 e. The highest BCUT2D eigenvalue weighted by molar-refractivity contribution is 5.85. The summed E-state index contributed by atoms with van der Waals surface area (Å²) in [5.74, 6) is 0.581. The average Bonchev–Trinajstić information content (AvgIpc) is 2.90. The summed E-state index contributed by atoms with van der Waals surface area (Å²) >= 11 is 0. The van der Waals surface area contributed by atoms with Gasteiger partial charge in [0.25, 0.3) is 0 Å². The van der Waals surface area contributed by atoms with Gasteiger partial charge < -0.3 is 10.1 Å². The van der Waals surface area contributed by atoms with Crippen LogP contribution in [0, 0.1) is 6.92 Å². The van der Waals surface area contributed by atoms with Crippen LogP contribution in [0.25, 0.3) is 10.9 Å². The molecule has 1 aliphatic heterocycles. The van der Waals surface area contributed by atoms with Crippen molar-refractivity contribution in [3.05, 3.63) is 35.5 Å². The first-order chi connectivity index (χ1) is 9.20. The Morgan fingerprint density at radius 2 is 2.16 bits per heavy atom. The maximum Gasteiger partial charge on any atom is 0.0558 e. The van der Waals surface area contributed by atoms with E-state index >= 15 is 0 Å². The number of β-amino-alcohol motifs (C(OH)–C–C–N with tert-alkyl or cyclic N) is 1. The number of H-pyrrole nitrogens is 1. The van der Waals surface area contributed by atoms with E-state index in [9.17, 15) is 0 Å². The number of aliphatic hydroxyl groups excluding tert-OH is 1. The van der Waals surface area contributed by atoms with E-state index in [-0.39, 0.29) is 6.61 Å². The van der Waals surface area contributed by atoms with Crippen LogP contribution in [0.4, 0.5) is 0 Å². The molecule has 0 amide bonds. The van der Waals surface area contributed by atoms with Crippen molar-refractivity contribution < 1.29 is 5.11 Å². The lowest BCUT2D eigenvalue weighted by Gasteiger charge is -2.19.